The van der Waals surface area contributed by atoms with Crippen LogP contribution in [0.2, 0.25) is 0 Å². The lowest BCUT2D eigenvalue weighted by molar-refractivity contribution is -0.0586. The first kappa shape index (κ1) is 21.8. The first-order chi connectivity index (χ1) is 14.8. The Bertz CT molecular complexity index is 1050. The van der Waals surface area contributed by atoms with Gasteiger partial charge in [0.1, 0.15) is 16.9 Å². The van der Waals surface area contributed by atoms with Gasteiger partial charge in [0.25, 0.3) is 5.91 Å². The zero-order valence-corrected chi connectivity index (χ0v) is 19.5. The van der Waals surface area contributed by atoms with Crippen molar-refractivity contribution in [1.29, 1.82) is 0 Å². The highest BCUT2D eigenvalue weighted by atomic mass is 32.1. The molecule has 1 aliphatic heterocycles. The van der Waals surface area contributed by atoms with Crippen LogP contribution in [0.15, 0.2) is 23.7 Å². The molecule has 0 spiro atoms. The molecule has 1 saturated heterocycles. The molecule has 0 bridgehead atoms. The summed E-state index contributed by atoms with van der Waals surface area (Å²) >= 11 is 2.91. The molecule has 10 heteroatoms. The molecule has 4 heterocycles. The van der Waals surface area contributed by atoms with Crippen molar-refractivity contribution in [3.05, 3.63) is 40.0 Å². The number of aryl methyl sites for hydroxylation is 1. The first-order valence-corrected chi connectivity index (χ1v) is 11.8. The molecule has 31 heavy (non-hydrogen) atoms. The highest BCUT2D eigenvalue weighted by Gasteiger charge is 2.26. The van der Waals surface area contributed by atoms with E-state index in [1.54, 1.807) is 25.3 Å². The third-order valence-corrected chi connectivity index (χ3v) is 6.97. The summed E-state index contributed by atoms with van der Waals surface area (Å²) in [4.78, 5) is 29.0. The Labute approximate surface area is 189 Å². The summed E-state index contributed by atoms with van der Waals surface area (Å²) in [5.74, 6) is 0.582. The molecular formula is C21H25N5O3S2. The molecule has 1 fully saturated rings. The fraction of sp³-hybridized carbons (Fsp3) is 0.429. The van der Waals surface area contributed by atoms with Gasteiger partial charge in [-0.15, -0.1) is 22.7 Å². The van der Waals surface area contributed by atoms with Crippen LogP contribution in [0, 0.1) is 6.92 Å². The Balaban J connectivity index is 1.43. The summed E-state index contributed by atoms with van der Waals surface area (Å²) in [6.07, 6.45) is 1.05. The van der Waals surface area contributed by atoms with E-state index in [-0.39, 0.29) is 18.1 Å². The first-order valence-electron chi connectivity index (χ1n) is 10.1. The van der Waals surface area contributed by atoms with E-state index >= 15 is 0 Å². The minimum absolute atomic E-state index is 0.0274. The second kappa shape index (κ2) is 8.99. The second-order valence-corrected chi connectivity index (χ2v) is 9.59. The number of amides is 1. The molecule has 1 amide bonds. The van der Waals surface area contributed by atoms with Crippen molar-refractivity contribution in [2.24, 2.45) is 0 Å². The minimum atomic E-state index is -0.594. The predicted octanol–water partition coefficient (Wildman–Crippen LogP) is 4.02. The molecule has 3 atom stereocenters. The number of ether oxygens (including phenoxy) is 1. The van der Waals surface area contributed by atoms with Crippen LogP contribution >= 0.6 is 22.7 Å². The number of hydrogen-bond donors (Lipinski definition) is 2. The van der Waals surface area contributed by atoms with E-state index in [4.69, 9.17) is 4.74 Å². The maximum atomic E-state index is 12.8. The lowest BCUT2D eigenvalue weighted by Gasteiger charge is -2.35. The molecule has 164 valence electrons. The number of thiazole rings is 2. The fourth-order valence-electron chi connectivity index (χ4n) is 3.50. The summed E-state index contributed by atoms with van der Waals surface area (Å²) < 4.78 is 5.70. The summed E-state index contributed by atoms with van der Waals surface area (Å²) in [5.41, 5.74) is 2.22. The molecule has 1 unspecified atom stereocenters. The van der Waals surface area contributed by atoms with Gasteiger partial charge in [0.2, 0.25) is 0 Å². The number of aliphatic hydroxyl groups excluding tert-OH is 1. The van der Waals surface area contributed by atoms with Crippen molar-refractivity contribution in [3.8, 4) is 10.6 Å². The standard InChI is InChI=1S/C21H25N5O3S2/c1-11-8-26(9-12(2)29-11)20(28)15-5-6-17(22-7-15)25-21-24-16(10-30-21)18-13(3)23-19(31-18)14(4)27/h5-7,10-12,14,27H,8-9H2,1-4H3,(H,22,24,25)/t11-,12+,14?. The maximum Gasteiger partial charge on any atom is 0.255 e. The van der Waals surface area contributed by atoms with Gasteiger partial charge in [0.05, 0.1) is 34.0 Å². The molecule has 0 radical (unpaired) electrons. The third-order valence-electron chi connectivity index (χ3n) is 4.86. The molecule has 2 N–H and O–H groups in total. The smallest absolute Gasteiger partial charge is 0.255 e. The van der Waals surface area contributed by atoms with Crippen LogP contribution in [0.1, 0.15) is 47.9 Å². The average molecular weight is 460 g/mol. The van der Waals surface area contributed by atoms with Gasteiger partial charge in [-0.1, -0.05) is 0 Å². The molecule has 0 aromatic carbocycles. The number of nitrogens with zero attached hydrogens (tertiary/aromatic N) is 4. The molecule has 0 saturated carbocycles. The average Bonchev–Trinajstić information content (AvgIpc) is 3.33. The van der Waals surface area contributed by atoms with E-state index in [2.05, 4.69) is 20.3 Å². The van der Waals surface area contributed by atoms with E-state index in [1.807, 2.05) is 31.1 Å². The van der Waals surface area contributed by atoms with Crippen molar-refractivity contribution in [2.45, 2.75) is 46.0 Å². The minimum Gasteiger partial charge on any atom is -0.386 e. The second-order valence-electron chi connectivity index (χ2n) is 7.71. The van der Waals surface area contributed by atoms with Gasteiger partial charge >= 0.3 is 0 Å². The van der Waals surface area contributed by atoms with Gasteiger partial charge in [0, 0.05) is 24.7 Å². The summed E-state index contributed by atoms with van der Waals surface area (Å²) in [6.45, 7) is 8.73. The Morgan fingerprint density at radius 3 is 2.65 bits per heavy atom. The number of aliphatic hydroxyl groups is 1. The Morgan fingerprint density at radius 1 is 1.29 bits per heavy atom. The third kappa shape index (κ3) is 4.93. The molecule has 1 aliphatic rings. The van der Waals surface area contributed by atoms with Crippen LogP contribution in [0.25, 0.3) is 10.6 Å². The van der Waals surface area contributed by atoms with Crippen LogP contribution < -0.4 is 5.32 Å². The molecule has 4 rings (SSSR count). The van der Waals surface area contributed by atoms with Crippen molar-refractivity contribution in [3.63, 3.8) is 0 Å². The zero-order valence-electron chi connectivity index (χ0n) is 17.8. The fourth-order valence-corrected chi connectivity index (χ4v) is 5.25. The number of anilines is 2. The zero-order chi connectivity index (χ0) is 22.1. The lowest BCUT2D eigenvalue weighted by Crippen LogP contribution is -2.48. The van der Waals surface area contributed by atoms with Crippen LogP contribution in [0.3, 0.4) is 0 Å². The van der Waals surface area contributed by atoms with E-state index in [0.717, 1.165) is 16.3 Å². The molecule has 3 aromatic rings. The summed E-state index contributed by atoms with van der Waals surface area (Å²) in [5, 5.41) is 16.3. The van der Waals surface area contributed by atoms with Gasteiger partial charge in [-0.2, -0.15) is 0 Å². The van der Waals surface area contributed by atoms with Gasteiger partial charge < -0.3 is 20.1 Å². The number of aromatic nitrogens is 3. The number of rotatable bonds is 5. The molecule has 3 aromatic heterocycles. The number of nitrogens with one attached hydrogen (secondary N) is 1. The molecular weight excluding hydrogens is 434 g/mol. The number of pyridine rings is 1. The van der Waals surface area contributed by atoms with Gasteiger partial charge in [-0.25, -0.2) is 15.0 Å². The van der Waals surface area contributed by atoms with Gasteiger partial charge in [-0.05, 0) is 39.8 Å². The van der Waals surface area contributed by atoms with Crippen molar-refractivity contribution < 1.29 is 14.6 Å². The molecule has 0 aliphatic carbocycles. The van der Waals surface area contributed by atoms with Crippen molar-refractivity contribution in [1.82, 2.24) is 19.9 Å². The van der Waals surface area contributed by atoms with Gasteiger partial charge in [0.15, 0.2) is 5.13 Å². The summed E-state index contributed by atoms with van der Waals surface area (Å²) in [7, 11) is 0. The molecule has 8 nitrogen and oxygen atoms in total. The highest BCUT2D eigenvalue weighted by molar-refractivity contribution is 7.17. The highest BCUT2D eigenvalue weighted by Crippen LogP contribution is 2.34. The SMILES string of the molecule is Cc1nc(C(C)O)sc1-c1csc(Nc2ccc(C(=O)N3C[C@@H](C)O[C@@H](C)C3)cn2)n1. The van der Waals surface area contributed by atoms with E-state index in [9.17, 15) is 9.90 Å². The normalized spacial score (nSPS) is 20.0. The number of carbonyl (C=O) groups is 1. The lowest BCUT2D eigenvalue weighted by atomic mass is 10.2. The van der Waals surface area contributed by atoms with Crippen LogP contribution in [0.5, 0.6) is 0 Å². The Hall–Kier alpha value is -2.40. The Kier molecular flexibility index (Phi) is 6.33. The summed E-state index contributed by atoms with van der Waals surface area (Å²) in [6, 6.07) is 3.56. The van der Waals surface area contributed by atoms with E-state index in [1.165, 1.54) is 22.7 Å². The van der Waals surface area contributed by atoms with Crippen LogP contribution in [0.4, 0.5) is 10.9 Å². The number of carbonyl (C=O) groups excluding carboxylic acids is 1. The Morgan fingerprint density at radius 2 is 2.03 bits per heavy atom. The quantitative estimate of drug-likeness (QED) is 0.594. The van der Waals surface area contributed by atoms with E-state index in [0.29, 0.717) is 34.6 Å². The van der Waals surface area contributed by atoms with E-state index < -0.39 is 6.10 Å². The largest absolute Gasteiger partial charge is 0.386 e. The van der Waals surface area contributed by atoms with Crippen LogP contribution in [-0.4, -0.2) is 56.2 Å². The van der Waals surface area contributed by atoms with Gasteiger partial charge in [-0.3, -0.25) is 4.79 Å². The monoisotopic (exact) mass is 459 g/mol. The topological polar surface area (TPSA) is 100 Å². The number of morpholine rings is 1. The maximum absolute atomic E-state index is 12.8. The number of hydrogen-bond acceptors (Lipinski definition) is 9. The van der Waals surface area contributed by atoms with Crippen molar-refractivity contribution in [2.75, 3.05) is 18.4 Å². The van der Waals surface area contributed by atoms with Crippen LogP contribution in [-0.2, 0) is 4.74 Å². The predicted molar refractivity (Wildman–Crippen MR) is 122 cm³/mol. The van der Waals surface area contributed by atoms with Crippen molar-refractivity contribution >= 4 is 39.5 Å².